The maximum Gasteiger partial charge on any atom is 0.243 e. The fraction of sp³-hybridized carbons (Fsp3) is 0.458. The molecule has 2 fully saturated rings. The highest BCUT2D eigenvalue weighted by Crippen LogP contribution is 2.31. The fourth-order valence-electron chi connectivity index (χ4n) is 4.19. The monoisotopic (exact) mass is 490 g/mol. The molecule has 0 aliphatic carbocycles. The van der Waals surface area contributed by atoms with E-state index < -0.39 is 10.0 Å². The minimum Gasteiger partial charge on any atom is -0.378 e. The van der Waals surface area contributed by atoms with Crippen molar-refractivity contribution in [1.82, 2.24) is 9.62 Å². The van der Waals surface area contributed by atoms with Gasteiger partial charge in [0.2, 0.25) is 15.9 Å². The van der Waals surface area contributed by atoms with Crippen LogP contribution >= 0.6 is 0 Å². The van der Waals surface area contributed by atoms with Crippen molar-refractivity contribution in [1.29, 1.82) is 0 Å². The van der Waals surface area contributed by atoms with Crippen LogP contribution in [-0.2, 0) is 26.1 Å². The first-order valence-corrected chi connectivity index (χ1v) is 13.1. The molecule has 0 aromatic heterocycles. The van der Waals surface area contributed by atoms with E-state index in [1.165, 1.54) is 12.1 Å². The van der Waals surface area contributed by atoms with Crippen LogP contribution in [0, 0.1) is 5.82 Å². The highest BCUT2D eigenvalue weighted by Gasteiger charge is 2.27. The Hall–Kier alpha value is -2.69. The summed E-state index contributed by atoms with van der Waals surface area (Å²) in [5, 5.41) is 5.93. The third-order valence-corrected chi connectivity index (χ3v) is 8.01. The van der Waals surface area contributed by atoms with Crippen molar-refractivity contribution < 1.29 is 22.3 Å². The number of carbonyl (C=O) groups is 1. The van der Waals surface area contributed by atoms with Crippen LogP contribution in [0.4, 0.5) is 15.8 Å². The first-order chi connectivity index (χ1) is 16.4. The standard InChI is InChI=1S/C24H31FN4O4S/c25-20-6-4-19(5-7-20)17-27-24(30)18-26-22-16-21(34(31,32)29-10-2-1-3-11-29)8-9-23(22)28-12-14-33-15-13-28/h4-9,16,26H,1-3,10-15,17-18H2,(H,27,30). The van der Waals surface area contributed by atoms with Gasteiger partial charge in [-0.15, -0.1) is 0 Å². The summed E-state index contributed by atoms with van der Waals surface area (Å²) in [5.74, 6) is -0.576. The molecule has 2 aliphatic rings. The van der Waals surface area contributed by atoms with Crippen molar-refractivity contribution in [2.75, 3.05) is 56.2 Å². The van der Waals surface area contributed by atoms with Crippen molar-refractivity contribution >= 4 is 27.3 Å². The number of carbonyl (C=O) groups excluding carboxylic acids is 1. The molecule has 0 saturated carbocycles. The molecule has 10 heteroatoms. The summed E-state index contributed by atoms with van der Waals surface area (Å²) in [4.78, 5) is 14.8. The Morgan fingerprint density at radius 3 is 2.38 bits per heavy atom. The predicted octanol–water partition coefficient (Wildman–Crippen LogP) is 2.57. The molecule has 1 amide bonds. The molecule has 0 radical (unpaired) electrons. The van der Waals surface area contributed by atoms with Gasteiger partial charge in [0.1, 0.15) is 5.82 Å². The molecule has 4 rings (SSSR count). The number of nitrogens with one attached hydrogen (secondary N) is 2. The van der Waals surface area contributed by atoms with E-state index in [0.717, 1.165) is 30.5 Å². The highest BCUT2D eigenvalue weighted by molar-refractivity contribution is 7.89. The summed E-state index contributed by atoms with van der Waals surface area (Å²) >= 11 is 0. The smallest absolute Gasteiger partial charge is 0.243 e. The fourth-order valence-corrected chi connectivity index (χ4v) is 5.74. The second kappa shape index (κ2) is 11.2. The molecule has 2 aliphatic heterocycles. The van der Waals surface area contributed by atoms with Gasteiger partial charge in [-0.2, -0.15) is 4.31 Å². The number of halogens is 1. The lowest BCUT2D eigenvalue weighted by Gasteiger charge is -2.31. The van der Waals surface area contributed by atoms with E-state index in [1.807, 2.05) is 0 Å². The van der Waals surface area contributed by atoms with Crippen LogP contribution in [0.2, 0.25) is 0 Å². The van der Waals surface area contributed by atoms with Crippen LogP contribution in [-0.4, -0.2) is 64.6 Å². The summed E-state index contributed by atoms with van der Waals surface area (Å²) in [6, 6.07) is 11.0. The summed E-state index contributed by atoms with van der Waals surface area (Å²) in [5.41, 5.74) is 2.22. The Morgan fingerprint density at radius 1 is 0.971 bits per heavy atom. The molecule has 0 bridgehead atoms. The molecule has 0 atom stereocenters. The molecule has 2 N–H and O–H groups in total. The van der Waals surface area contributed by atoms with E-state index in [1.54, 1.807) is 34.6 Å². The molecule has 2 aromatic rings. The first-order valence-electron chi connectivity index (χ1n) is 11.7. The Labute approximate surface area is 200 Å². The zero-order chi connectivity index (χ0) is 24.0. The van der Waals surface area contributed by atoms with Crippen molar-refractivity contribution in [2.45, 2.75) is 30.7 Å². The van der Waals surface area contributed by atoms with Gasteiger partial charge >= 0.3 is 0 Å². The van der Waals surface area contributed by atoms with Crippen LogP contribution in [0.25, 0.3) is 0 Å². The number of rotatable bonds is 8. The molecule has 184 valence electrons. The Balaban J connectivity index is 1.48. The van der Waals surface area contributed by atoms with E-state index in [4.69, 9.17) is 4.74 Å². The lowest BCUT2D eigenvalue weighted by Crippen LogP contribution is -2.37. The van der Waals surface area contributed by atoms with Gasteiger partial charge in [0.25, 0.3) is 0 Å². The van der Waals surface area contributed by atoms with Crippen molar-refractivity contribution in [2.24, 2.45) is 0 Å². The molecule has 0 unspecified atom stereocenters. The molecule has 2 aromatic carbocycles. The minimum absolute atomic E-state index is 0.0221. The summed E-state index contributed by atoms with van der Waals surface area (Å²) in [6.07, 6.45) is 2.77. The molecule has 8 nitrogen and oxygen atoms in total. The number of hydrogen-bond donors (Lipinski definition) is 2. The van der Waals surface area contributed by atoms with Gasteiger partial charge in [-0.1, -0.05) is 18.6 Å². The number of nitrogens with zero attached hydrogens (tertiary/aromatic N) is 2. The molecular formula is C24H31FN4O4S. The van der Waals surface area contributed by atoms with Gasteiger partial charge in [0.15, 0.2) is 0 Å². The number of hydrogen-bond acceptors (Lipinski definition) is 6. The topological polar surface area (TPSA) is 91.0 Å². The van der Waals surface area contributed by atoms with Gasteiger partial charge in [-0.05, 0) is 48.7 Å². The predicted molar refractivity (Wildman–Crippen MR) is 129 cm³/mol. The Kier molecular flexibility index (Phi) is 8.02. The van der Waals surface area contributed by atoms with Gasteiger partial charge in [0.05, 0.1) is 36.0 Å². The molecule has 2 heterocycles. The van der Waals surface area contributed by atoms with E-state index >= 15 is 0 Å². The van der Waals surface area contributed by atoms with Gasteiger partial charge in [-0.3, -0.25) is 4.79 Å². The normalized spacial score (nSPS) is 17.4. The van der Waals surface area contributed by atoms with E-state index in [-0.39, 0.29) is 29.7 Å². The SMILES string of the molecule is O=C(CNc1cc(S(=O)(=O)N2CCCCC2)ccc1N1CCOCC1)NCc1ccc(F)cc1. The first kappa shape index (κ1) is 24.4. The van der Waals surface area contributed by atoms with Crippen LogP contribution in [0.15, 0.2) is 47.4 Å². The van der Waals surface area contributed by atoms with Crippen LogP contribution < -0.4 is 15.5 Å². The lowest BCUT2D eigenvalue weighted by molar-refractivity contribution is -0.119. The zero-order valence-electron chi connectivity index (χ0n) is 19.1. The lowest BCUT2D eigenvalue weighted by atomic mass is 10.2. The number of piperidine rings is 1. The molecule has 2 saturated heterocycles. The number of amides is 1. The van der Waals surface area contributed by atoms with Gasteiger partial charge < -0.3 is 20.3 Å². The average molecular weight is 491 g/mol. The number of sulfonamides is 1. The van der Waals surface area contributed by atoms with Crippen LogP contribution in [0.5, 0.6) is 0 Å². The van der Waals surface area contributed by atoms with Gasteiger partial charge in [0, 0.05) is 32.7 Å². The van der Waals surface area contributed by atoms with Crippen LogP contribution in [0.1, 0.15) is 24.8 Å². The highest BCUT2D eigenvalue weighted by atomic mass is 32.2. The molecule has 0 spiro atoms. The van der Waals surface area contributed by atoms with Crippen molar-refractivity contribution in [3.8, 4) is 0 Å². The maximum absolute atomic E-state index is 13.2. The summed E-state index contributed by atoms with van der Waals surface area (Å²) in [6.45, 7) is 3.86. The quantitative estimate of drug-likeness (QED) is 0.591. The Morgan fingerprint density at radius 2 is 1.68 bits per heavy atom. The minimum atomic E-state index is -3.60. The second-order valence-electron chi connectivity index (χ2n) is 8.50. The zero-order valence-corrected chi connectivity index (χ0v) is 19.9. The van der Waals surface area contributed by atoms with E-state index in [0.29, 0.717) is 45.1 Å². The maximum atomic E-state index is 13.2. The average Bonchev–Trinajstić information content (AvgIpc) is 2.88. The van der Waals surface area contributed by atoms with E-state index in [2.05, 4.69) is 15.5 Å². The molecule has 34 heavy (non-hydrogen) atoms. The Bertz CT molecular complexity index is 1080. The number of ether oxygens (including phenoxy) is 1. The molecular weight excluding hydrogens is 459 g/mol. The van der Waals surface area contributed by atoms with Gasteiger partial charge in [-0.25, -0.2) is 12.8 Å². The van der Waals surface area contributed by atoms with Crippen molar-refractivity contribution in [3.63, 3.8) is 0 Å². The van der Waals surface area contributed by atoms with Crippen LogP contribution in [0.3, 0.4) is 0 Å². The second-order valence-corrected chi connectivity index (χ2v) is 10.4. The third-order valence-electron chi connectivity index (χ3n) is 6.11. The number of morpholine rings is 1. The largest absolute Gasteiger partial charge is 0.378 e. The van der Waals surface area contributed by atoms with Crippen molar-refractivity contribution in [3.05, 3.63) is 53.8 Å². The summed E-state index contributed by atoms with van der Waals surface area (Å²) < 4.78 is 46.5. The summed E-state index contributed by atoms with van der Waals surface area (Å²) in [7, 11) is -3.60. The number of benzene rings is 2. The third kappa shape index (κ3) is 6.05. The number of anilines is 2. The van der Waals surface area contributed by atoms with E-state index in [9.17, 15) is 17.6 Å².